The third-order valence-electron chi connectivity index (χ3n) is 4.00. The van der Waals surface area contributed by atoms with E-state index < -0.39 is 0 Å². The fourth-order valence-electron chi connectivity index (χ4n) is 2.69. The highest BCUT2D eigenvalue weighted by atomic mass is 14.9. The molecular weight excluding hydrogens is 230 g/mol. The Kier molecular flexibility index (Phi) is 16.0. The lowest BCUT2D eigenvalue weighted by Crippen LogP contribution is -2.29. The largest absolute Gasteiger partial charge is 0.314 e. The molecule has 0 aromatic rings. The van der Waals surface area contributed by atoms with E-state index in [1.54, 1.807) is 0 Å². The van der Waals surface area contributed by atoms with Crippen molar-refractivity contribution in [3.8, 4) is 0 Å². The monoisotopic (exact) mass is 269 g/mol. The zero-order valence-corrected chi connectivity index (χ0v) is 14.0. The highest BCUT2D eigenvalue weighted by Gasteiger charge is 2.06. The predicted octanol–water partition coefficient (Wildman–Crippen LogP) is 6.08. The predicted molar refractivity (Wildman–Crippen MR) is 88.8 cm³/mol. The van der Waals surface area contributed by atoms with Gasteiger partial charge in [-0.3, -0.25) is 0 Å². The summed E-state index contributed by atoms with van der Waals surface area (Å²) >= 11 is 0. The van der Waals surface area contributed by atoms with Crippen molar-refractivity contribution in [2.45, 2.75) is 110 Å². The molecule has 19 heavy (non-hydrogen) atoms. The van der Waals surface area contributed by atoms with Crippen LogP contribution in [0.25, 0.3) is 0 Å². The maximum absolute atomic E-state index is 3.75. The first kappa shape index (κ1) is 19.0. The van der Waals surface area contributed by atoms with Gasteiger partial charge in [0.25, 0.3) is 0 Å². The van der Waals surface area contributed by atoms with Gasteiger partial charge >= 0.3 is 0 Å². The lowest BCUT2D eigenvalue weighted by molar-refractivity contribution is 0.413. The van der Waals surface area contributed by atoms with Gasteiger partial charge in [0.05, 0.1) is 0 Å². The second-order valence-corrected chi connectivity index (χ2v) is 6.06. The van der Waals surface area contributed by atoms with Gasteiger partial charge in [0, 0.05) is 6.04 Å². The molecule has 0 saturated heterocycles. The summed E-state index contributed by atoms with van der Waals surface area (Å²) in [6.07, 6.45) is 18.2. The van der Waals surface area contributed by atoms with Gasteiger partial charge < -0.3 is 5.32 Å². The molecule has 0 rings (SSSR count). The molecular formula is C18H39N. The molecule has 0 saturated carbocycles. The number of nitrogens with one attached hydrogen (secondary N) is 1. The van der Waals surface area contributed by atoms with E-state index in [9.17, 15) is 0 Å². The molecule has 0 fully saturated rings. The van der Waals surface area contributed by atoms with Gasteiger partial charge in [-0.05, 0) is 25.8 Å². The van der Waals surface area contributed by atoms with Crippen molar-refractivity contribution in [1.29, 1.82) is 0 Å². The van der Waals surface area contributed by atoms with E-state index in [-0.39, 0.29) is 0 Å². The van der Waals surface area contributed by atoms with Crippen LogP contribution in [-0.4, -0.2) is 12.6 Å². The van der Waals surface area contributed by atoms with Gasteiger partial charge in [0.2, 0.25) is 0 Å². The second-order valence-electron chi connectivity index (χ2n) is 6.06. The minimum atomic E-state index is 0.795. The average Bonchev–Trinajstić information content (AvgIpc) is 2.43. The number of unbranched alkanes of at least 4 members (excludes halogenated alkanes) is 8. The summed E-state index contributed by atoms with van der Waals surface area (Å²) in [5, 5.41) is 3.75. The molecule has 0 radical (unpaired) electrons. The Morgan fingerprint density at radius 3 is 1.47 bits per heavy atom. The van der Waals surface area contributed by atoms with Crippen molar-refractivity contribution in [1.82, 2.24) is 5.32 Å². The van der Waals surface area contributed by atoms with E-state index in [1.807, 2.05) is 0 Å². The third kappa shape index (κ3) is 14.2. The van der Waals surface area contributed by atoms with Crippen LogP contribution < -0.4 is 5.32 Å². The molecule has 0 aromatic carbocycles. The zero-order valence-electron chi connectivity index (χ0n) is 14.0. The second kappa shape index (κ2) is 16.0. The smallest absolute Gasteiger partial charge is 0.00670 e. The molecule has 0 heterocycles. The summed E-state index contributed by atoms with van der Waals surface area (Å²) in [5.74, 6) is 0. The molecule has 1 heteroatoms. The first-order chi connectivity index (χ1) is 9.35. The van der Waals surface area contributed by atoms with Crippen LogP contribution in [0.15, 0.2) is 0 Å². The zero-order chi connectivity index (χ0) is 14.2. The van der Waals surface area contributed by atoms with Crippen molar-refractivity contribution < 1.29 is 0 Å². The molecule has 0 aliphatic carbocycles. The summed E-state index contributed by atoms with van der Waals surface area (Å²) in [4.78, 5) is 0. The molecule has 0 amide bonds. The van der Waals surface area contributed by atoms with E-state index in [2.05, 4.69) is 26.1 Å². The normalized spacial score (nSPS) is 11.4. The Morgan fingerprint density at radius 1 is 0.579 bits per heavy atom. The summed E-state index contributed by atoms with van der Waals surface area (Å²) in [7, 11) is 0. The average molecular weight is 270 g/mol. The molecule has 0 aromatic heterocycles. The number of rotatable bonds is 15. The topological polar surface area (TPSA) is 12.0 Å². The molecule has 116 valence electrons. The van der Waals surface area contributed by atoms with Crippen molar-refractivity contribution in [3.05, 3.63) is 0 Å². The van der Waals surface area contributed by atoms with E-state index in [1.165, 1.54) is 90.0 Å². The first-order valence-electron chi connectivity index (χ1n) is 9.08. The van der Waals surface area contributed by atoms with Crippen molar-refractivity contribution in [3.63, 3.8) is 0 Å². The van der Waals surface area contributed by atoms with Crippen LogP contribution in [0, 0.1) is 0 Å². The lowest BCUT2D eigenvalue weighted by Gasteiger charge is -2.18. The van der Waals surface area contributed by atoms with Crippen LogP contribution in [0.2, 0.25) is 0 Å². The van der Waals surface area contributed by atoms with Gasteiger partial charge in [-0.15, -0.1) is 0 Å². The van der Waals surface area contributed by atoms with E-state index in [4.69, 9.17) is 0 Å². The van der Waals surface area contributed by atoms with Crippen LogP contribution >= 0.6 is 0 Å². The van der Waals surface area contributed by atoms with Crippen LogP contribution in [0.1, 0.15) is 104 Å². The van der Waals surface area contributed by atoms with Gasteiger partial charge in [0.15, 0.2) is 0 Å². The van der Waals surface area contributed by atoms with Gasteiger partial charge in [0.1, 0.15) is 0 Å². The van der Waals surface area contributed by atoms with Crippen LogP contribution in [0.3, 0.4) is 0 Å². The molecule has 0 bridgehead atoms. The Morgan fingerprint density at radius 2 is 1.05 bits per heavy atom. The number of hydrogen-bond acceptors (Lipinski definition) is 1. The van der Waals surface area contributed by atoms with Crippen LogP contribution in [0.5, 0.6) is 0 Å². The Hall–Kier alpha value is -0.0400. The Bertz CT molecular complexity index is 142. The molecule has 1 N–H and O–H groups in total. The summed E-state index contributed by atoms with van der Waals surface area (Å²) < 4.78 is 0. The fraction of sp³-hybridized carbons (Fsp3) is 1.00. The molecule has 0 unspecified atom stereocenters. The maximum atomic E-state index is 3.75. The van der Waals surface area contributed by atoms with Crippen LogP contribution in [0.4, 0.5) is 0 Å². The Balaban J connectivity index is 3.57. The molecule has 0 atom stereocenters. The summed E-state index contributed by atoms with van der Waals surface area (Å²) in [5.41, 5.74) is 0. The van der Waals surface area contributed by atoms with Crippen molar-refractivity contribution in [2.24, 2.45) is 0 Å². The SMILES string of the molecule is CCCCCCCC(CCCCCCC)NCCC. The molecule has 0 aliphatic rings. The minimum absolute atomic E-state index is 0.795. The standard InChI is InChI=1S/C18H39N/c1-4-7-9-11-13-15-18(19-17-6-3)16-14-12-10-8-5-2/h18-19H,4-17H2,1-3H3. The van der Waals surface area contributed by atoms with Gasteiger partial charge in [-0.1, -0.05) is 85.0 Å². The summed E-state index contributed by atoms with van der Waals surface area (Å²) in [6, 6.07) is 0.795. The van der Waals surface area contributed by atoms with Gasteiger partial charge in [-0.25, -0.2) is 0 Å². The fourth-order valence-corrected chi connectivity index (χ4v) is 2.69. The van der Waals surface area contributed by atoms with E-state index in [0.717, 1.165) is 6.04 Å². The third-order valence-corrected chi connectivity index (χ3v) is 4.00. The van der Waals surface area contributed by atoms with Crippen LogP contribution in [-0.2, 0) is 0 Å². The highest BCUT2D eigenvalue weighted by Crippen LogP contribution is 2.13. The quantitative estimate of drug-likeness (QED) is 0.355. The highest BCUT2D eigenvalue weighted by molar-refractivity contribution is 4.67. The van der Waals surface area contributed by atoms with E-state index in [0.29, 0.717) is 0 Å². The first-order valence-corrected chi connectivity index (χ1v) is 9.08. The molecule has 0 aliphatic heterocycles. The summed E-state index contributed by atoms with van der Waals surface area (Å²) in [6.45, 7) is 8.06. The Labute approximate surface area is 122 Å². The molecule has 1 nitrogen and oxygen atoms in total. The number of hydrogen-bond donors (Lipinski definition) is 1. The van der Waals surface area contributed by atoms with Crippen molar-refractivity contribution >= 4 is 0 Å². The molecule has 0 spiro atoms. The van der Waals surface area contributed by atoms with E-state index >= 15 is 0 Å². The maximum Gasteiger partial charge on any atom is 0.00670 e. The van der Waals surface area contributed by atoms with Crippen molar-refractivity contribution in [2.75, 3.05) is 6.54 Å². The minimum Gasteiger partial charge on any atom is -0.314 e. The lowest BCUT2D eigenvalue weighted by atomic mass is 10.0. The van der Waals surface area contributed by atoms with Gasteiger partial charge in [-0.2, -0.15) is 0 Å².